The Morgan fingerprint density at radius 3 is 2.30 bits per heavy atom. The van der Waals surface area contributed by atoms with Crippen LogP contribution in [0.3, 0.4) is 0 Å². The summed E-state index contributed by atoms with van der Waals surface area (Å²) in [5.41, 5.74) is 2.01. The molecule has 3 aromatic carbocycles. The number of phenols is 2. The van der Waals surface area contributed by atoms with Crippen molar-refractivity contribution in [3.8, 4) is 27.7 Å². The number of nitrogens with one attached hydrogen (secondary N) is 1. The largest absolute Gasteiger partial charge is 0.508 e. The molecule has 37 heavy (non-hydrogen) atoms. The fourth-order valence-electron chi connectivity index (χ4n) is 4.37. The molecule has 0 amide bonds. The average molecular weight is 518 g/mol. The molecule has 0 atom stereocenters. The molecule has 0 saturated carbocycles. The first-order valence-corrected chi connectivity index (χ1v) is 13.9. The van der Waals surface area contributed by atoms with E-state index in [9.17, 15) is 15.0 Å². The van der Waals surface area contributed by atoms with E-state index in [0.29, 0.717) is 17.7 Å². The first-order valence-electron chi connectivity index (χ1n) is 13.1. The number of hydrogen-bond donors (Lipinski definition) is 3. The number of thiophene rings is 1. The number of carbonyl (C=O) groups is 1. The molecule has 0 aliphatic carbocycles. The molecule has 0 unspecified atom stereocenters. The Morgan fingerprint density at radius 1 is 0.838 bits per heavy atom. The van der Waals surface area contributed by atoms with Gasteiger partial charge in [-0.15, -0.1) is 11.3 Å². The minimum Gasteiger partial charge on any atom is -0.508 e. The van der Waals surface area contributed by atoms with Gasteiger partial charge in [-0.05, 0) is 85.3 Å². The van der Waals surface area contributed by atoms with E-state index in [-0.39, 0.29) is 17.3 Å². The third-order valence-electron chi connectivity index (χ3n) is 6.40. The Bertz CT molecular complexity index is 1300. The first-order chi connectivity index (χ1) is 18.1. The van der Waals surface area contributed by atoms with Crippen molar-refractivity contribution in [2.75, 3.05) is 19.7 Å². The number of phenolic OH excluding ortho intramolecular Hbond substituents is 2. The summed E-state index contributed by atoms with van der Waals surface area (Å²) in [5, 5.41) is 23.9. The number of benzene rings is 3. The SMILES string of the molecule is CCCCCCCCNCCOc1ccc(C(=O)c2c(-c3ccc(O)cc3)sc3cc(O)ccc23)cc1. The van der Waals surface area contributed by atoms with Gasteiger partial charge >= 0.3 is 0 Å². The molecule has 5 nitrogen and oxygen atoms in total. The molecule has 0 saturated heterocycles. The third-order valence-corrected chi connectivity index (χ3v) is 7.60. The quantitative estimate of drug-likeness (QED) is 0.119. The van der Waals surface area contributed by atoms with Crippen LogP contribution in [-0.2, 0) is 0 Å². The van der Waals surface area contributed by atoms with Crippen LogP contribution < -0.4 is 10.1 Å². The van der Waals surface area contributed by atoms with Crippen molar-refractivity contribution < 1.29 is 19.7 Å². The first kappa shape index (κ1) is 26.7. The van der Waals surface area contributed by atoms with Crippen molar-refractivity contribution >= 4 is 27.2 Å². The summed E-state index contributed by atoms with van der Waals surface area (Å²) in [6.45, 7) is 4.62. The third kappa shape index (κ3) is 7.12. The van der Waals surface area contributed by atoms with Gasteiger partial charge in [0.2, 0.25) is 0 Å². The zero-order valence-corrected chi connectivity index (χ0v) is 22.2. The van der Waals surface area contributed by atoms with Gasteiger partial charge in [-0.1, -0.05) is 39.0 Å². The lowest BCUT2D eigenvalue weighted by Gasteiger charge is -2.09. The Labute approximate surface area is 222 Å². The van der Waals surface area contributed by atoms with Crippen molar-refractivity contribution in [3.63, 3.8) is 0 Å². The molecule has 0 bridgehead atoms. The number of rotatable bonds is 14. The van der Waals surface area contributed by atoms with E-state index in [4.69, 9.17) is 4.74 Å². The van der Waals surface area contributed by atoms with Crippen LogP contribution in [0, 0.1) is 0 Å². The second-order valence-corrected chi connectivity index (χ2v) is 10.3. The van der Waals surface area contributed by atoms with Gasteiger partial charge in [0.15, 0.2) is 5.78 Å². The highest BCUT2D eigenvalue weighted by Crippen LogP contribution is 2.41. The summed E-state index contributed by atoms with van der Waals surface area (Å²) < 4.78 is 6.69. The smallest absolute Gasteiger partial charge is 0.195 e. The van der Waals surface area contributed by atoms with Crippen LogP contribution in [0.15, 0.2) is 66.7 Å². The molecule has 0 fully saturated rings. The average Bonchev–Trinajstić information content (AvgIpc) is 3.28. The summed E-state index contributed by atoms with van der Waals surface area (Å²) in [4.78, 5) is 14.5. The van der Waals surface area contributed by atoms with Gasteiger partial charge in [-0.2, -0.15) is 0 Å². The number of carbonyl (C=O) groups excluding carboxylic acids is 1. The molecule has 3 N–H and O–H groups in total. The monoisotopic (exact) mass is 517 g/mol. The summed E-state index contributed by atoms with van der Waals surface area (Å²) >= 11 is 1.45. The molecule has 6 heteroatoms. The maximum atomic E-state index is 13.7. The summed E-state index contributed by atoms with van der Waals surface area (Å²) in [6.07, 6.45) is 7.74. The van der Waals surface area contributed by atoms with Gasteiger partial charge in [-0.25, -0.2) is 0 Å². The highest BCUT2D eigenvalue weighted by Gasteiger charge is 2.22. The lowest BCUT2D eigenvalue weighted by molar-refractivity contribution is 0.104. The van der Waals surface area contributed by atoms with Crippen LogP contribution in [0.5, 0.6) is 17.2 Å². The second-order valence-electron chi connectivity index (χ2n) is 9.25. The Morgan fingerprint density at radius 2 is 1.54 bits per heavy atom. The van der Waals surface area contributed by atoms with E-state index >= 15 is 0 Å². The minimum absolute atomic E-state index is 0.0906. The highest BCUT2D eigenvalue weighted by atomic mass is 32.1. The fourth-order valence-corrected chi connectivity index (χ4v) is 5.61. The van der Waals surface area contributed by atoms with Gasteiger partial charge in [0, 0.05) is 32.6 Å². The molecular formula is C31H35NO4S. The van der Waals surface area contributed by atoms with E-state index in [0.717, 1.165) is 39.4 Å². The van der Waals surface area contributed by atoms with E-state index < -0.39 is 0 Å². The van der Waals surface area contributed by atoms with Gasteiger partial charge in [0.25, 0.3) is 0 Å². The number of ketones is 1. The number of hydrogen-bond acceptors (Lipinski definition) is 6. The second kappa shape index (κ2) is 13.3. The molecule has 194 valence electrons. The van der Waals surface area contributed by atoms with Gasteiger partial charge in [0.05, 0.1) is 0 Å². The van der Waals surface area contributed by atoms with Crippen LogP contribution in [-0.4, -0.2) is 35.7 Å². The normalized spacial score (nSPS) is 11.2. The lowest BCUT2D eigenvalue weighted by Crippen LogP contribution is -2.22. The molecular weight excluding hydrogens is 482 g/mol. The van der Waals surface area contributed by atoms with E-state index in [2.05, 4.69) is 12.2 Å². The molecule has 0 aliphatic rings. The molecule has 1 aromatic heterocycles. The maximum absolute atomic E-state index is 13.7. The molecule has 4 rings (SSSR count). The summed E-state index contributed by atoms with van der Waals surface area (Å²) in [6, 6.07) is 19.2. The van der Waals surface area contributed by atoms with E-state index in [1.165, 1.54) is 49.9 Å². The van der Waals surface area contributed by atoms with Crippen LogP contribution >= 0.6 is 11.3 Å². The van der Waals surface area contributed by atoms with E-state index in [1.54, 1.807) is 54.6 Å². The predicted octanol–water partition coefficient (Wildman–Crippen LogP) is 7.54. The molecule has 1 heterocycles. The Kier molecular flexibility index (Phi) is 9.58. The van der Waals surface area contributed by atoms with Gasteiger partial charge in [-0.3, -0.25) is 4.79 Å². The number of fused-ring (bicyclic) bond motifs is 1. The van der Waals surface area contributed by atoms with Crippen molar-refractivity contribution in [2.45, 2.75) is 45.4 Å². The van der Waals surface area contributed by atoms with Crippen LogP contribution in [0.1, 0.15) is 61.4 Å². The van der Waals surface area contributed by atoms with E-state index in [1.807, 2.05) is 12.1 Å². The van der Waals surface area contributed by atoms with Crippen LogP contribution in [0.4, 0.5) is 0 Å². The summed E-state index contributed by atoms with van der Waals surface area (Å²) in [7, 11) is 0. The molecule has 4 aromatic rings. The number of ether oxygens (including phenoxy) is 1. The Hall–Kier alpha value is -3.35. The van der Waals surface area contributed by atoms with Crippen molar-refractivity contribution in [2.24, 2.45) is 0 Å². The zero-order valence-electron chi connectivity index (χ0n) is 21.3. The Balaban J connectivity index is 1.39. The predicted molar refractivity (Wildman–Crippen MR) is 152 cm³/mol. The van der Waals surface area contributed by atoms with Gasteiger partial charge < -0.3 is 20.3 Å². The highest BCUT2D eigenvalue weighted by molar-refractivity contribution is 7.22. The molecule has 0 aliphatic heterocycles. The summed E-state index contributed by atoms with van der Waals surface area (Å²) in [5.74, 6) is 0.973. The van der Waals surface area contributed by atoms with Crippen LogP contribution in [0.25, 0.3) is 20.5 Å². The minimum atomic E-state index is -0.0906. The van der Waals surface area contributed by atoms with Gasteiger partial charge in [0.1, 0.15) is 23.9 Å². The lowest BCUT2D eigenvalue weighted by atomic mass is 9.97. The topological polar surface area (TPSA) is 78.8 Å². The maximum Gasteiger partial charge on any atom is 0.195 e. The zero-order chi connectivity index (χ0) is 26.0. The fraction of sp³-hybridized carbons (Fsp3) is 0.323. The number of aromatic hydroxyl groups is 2. The van der Waals surface area contributed by atoms with Crippen molar-refractivity contribution in [1.82, 2.24) is 5.32 Å². The van der Waals surface area contributed by atoms with Crippen molar-refractivity contribution in [3.05, 3.63) is 77.9 Å². The molecule has 0 radical (unpaired) electrons. The van der Waals surface area contributed by atoms with Crippen molar-refractivity contribution in [1.29, 1.82) is 0 Å². The standard InChI is InChI=1S/C31H35NO4S/c1-2-3-4-5-6-7-18-32-19-20-36-26-15-10-22(11-16-26)30(35)29-27-17-14-25(34)21-28(27)37-31(29)23-8-12-24(33)13-9-23/h8-17,21,32-34H,2-7,18-20H2,1H3. The molecule has 0 spiro atoms. The number of unbranched alkanes of at least 4 members (excludes halogenated alkanes) is 5. The van der Waals surface area contributed by atoms with Crippen LogP contribution in [0.2, 0.25) is 0 Å².